The Morgan fingerprint density at radius 1 is 1.26 bits per heavy atom. The third-order valence-electron chi connectivity index (χ3n) is 4.21. The molecule has 4 nitrogen and oxygen atoms in total. The Bertz CT molecular complexity index is 570. The number of carbonyl (C=O) groups excluding carboxylic acids is 1. The monoisotopic (exact) mass is 329 g/mol. The summed E-state index contributed by atoms with van der Waals surface area (Å²) in [5.41, 5.74) is 0.654. The molecule has 1 aromatic rings. The number of benzene rings is 1. The SMILES string of the molecule is O=C([C@@H]1COc2ccccc21)N(CC(F)(F)F)[C@H]1CCCOC1. The Labute approximate surface area is 132 Å². The van der Waals surface area contributed by atoms with Crippen molar-refractivity contribution >= 4 is 5.91 Å². The second-order valence-corrected chi connectivity index (χ2v) is 5.85. The van der Waals surface area contributed by atoms with Crippen LogP contribution in [0.4, 0.5) is 13.2 Å². The maximum atomic E-state index is 12.9. The van der Waals surface area contributed by atoms with Gasteiger partial charge in [0.15, 0.2) is 0 Å². The predicted octanol–water partition coefficient (Wildman–Crippen LogP) is 2.73. The predicted molar refractivity (Wildman–Crippen MR) is 76.3 cm³/mol. The quantitative estimate of drug-likeness (QED) is 0.856. The van der Waals surface area contributed by atoms with E-state index in [9.17, 15) is 18.0 Å². The van der Waals surface area contributed by atoms with Crippen molar-refractivity contribution < 1.29 is 27.4 Å². The fraction of sp³-hybridized carbons (Fsp3) is 0.562. The number of fused-ring (bicyclic) bond motifs is 1. The van der Waals surface area contributed by atoms with Crippen LogP contribution in [0.2, 0.25) is 0 Å². The minimum absolute atomic E-state index is 0.0834. The number of halogens is 3. The first-order valence-electron chi connectivity index (χ1n) is 7.62. The first-order valence-corrected chi connectivity index (χ1v) is 7.62. The van der Waals surface area contributed by atoms with Gasteiger partial charge in [-0.15, -0.1) is 0 Å². The molecule has 0 spiro atoms. The molecule has 126 valence electrons. The van der Waals surface area contributed by atoms with Crippen LogP contribution in [-0.4, -0.2) is 49.4 Å². The van der Waals surface area contributed by atoms with Crippen molar-refractivity contribution in [3.05, 3.63) is 29.8 Å². The summed E-state index contributed by atoms with van der Waals surface area (Å²) < 4.78 is 49.5. The molecule has 3 rings (SSSR count). The molecular formula is C16H18F3NO3. The van der Waals surface area contributed by atoms with E-state index >= 15 is 0 Å². The average molecular weight is 329 g/mol. The van der Waals surface area contributed by atoms with Gasteiger partial charge in [0.2, 0.25) is 5.91 Å². The van der Waals surface area contributed by atoms with Gasteiger partial charge in [0.05, 0.1) is 12.6 Å². The Kier molecular flexibility index (Phi) is 4.48. The zero-order valence-electron chi connectivity index (χ0n) is 12.5. The molecule has 2 heterocycles. The van der Waals surface area contributed by atoms with Gasteiger partial charge in [-0.1, -0.05) is 18.2 Å². The van der Waals surface area contributed by atoms with Gasteiger partial charge in [0, 0.05) is 12.2 Å². The largest absolute Gasteiger partial charge is 0.492 e. The van der Waals surface area contributed by atoms with E-state index in [2.05, 4.69) is 0 Å². The van der Waals surface area contributed by atoms with Crippen LogP contribution in [-0.2, 0) is 9.53 Å². The second kappa shape index (κ2) is 6.39. The normalized spacial score (nSPS) is 24.0. The van der Waals surface area contributed by atoms with E-state index in [1.807, 2.05) is 0 Å². The summed E-state index contributed by atoms with van der Waals surface area (Å²) >= 11 is 0. The first-order chi connectivity index (χ1) is 11.0. The number of hydrogen-bond acceptors (Lipinski definition) is 3. The average Bonchev–Trinajstić information content (AvgIpc) is 2.96. The summed E-state index contributed by atoms with van der Waals surface area (Å²) in [6, 6.07) is 6.44. The van der Waals surface area contributed by atoms with Gasteiger partial charge in [-0.2, -0.15) is 13.2 Å². The molecule has 1 fully saturated rings. The van der Waals surface area contributed by atoms with Gasteiger partial charge in [0.25, 0.3) is 0 Å². The molecule has 2 aliphatic heterocycles. The van der Waals surface area contributed by atoms with Crippen molar-refractivity contribution in [2.75, 3.05) is 26.4 Å². The number of hydrogen-bond donors (Lipinski definition) is 0. The van der Waals surface area contributed by atoms with Gasteiger partial charge in [0.1, 0.15) is 24.8 Å². The fourth-order valence-electron chi connectivity index (χ4n) is 3.12. The number of amides is 1. The van der Waals surface area contributed by atoms with E-state index in [1.165, 1.54) is 0 Å². The summed E-state index contributed by atoms with van der Waals surface area (Å²) in [5, 5.41) is 0. The number of ether oxygens (including phenoxy) is 2. The van der Waals surface area contributed by atoms with E-state index in [1.54, 1.807) is 24.3 Å². The van der Waals surface area contributed by atoms with Gasteiger partial charge in [-0.25, -0.2) is 0 Å². The van der Waals surface area contributed by atoms with Crippen molar-refractivity contribution in [2.24, 2.45) is 0 Å². The lowest BCUT2D eigenvalue weighted by molar-refractivity contribution is -0.171. The standard InChI is InChI=1S/C16H18F3NO3/c17-16(18,19)10-20(11-4-3-7-22-8-11)15(21)13-9-23-14-6-2-1-5-12(13)14/h1-2,5-6,11,13H,3-4,7-10H2/t11-,13+/m0/s1. The highest BCUT2D eigenvalue weighted by Crippen LogP contribution is 2.36. The van der Waals surface area contributed by atoms with E-state index < -0.39 is 30.6 Å². The van der Waals surface area contributed by atoms with Gasteiger partial charge >= 0.3 is 6.18 Å². The Morgan fingerprint density at radius 2 is 2.04 bits per heavy atom. The first kappa shape index (κ1) is 16.1. The zero-order valence-corrected chi connectivity index (χ0v) is 12.5. The summed E-state index contributed by atoms with van der Waals surface area (Å²) in [7, 11) is 0. The molecule has 0 saturated carbocycles. The number of alkyl halides is 3. The topological polar surface area (TPSA) is 38.8 Å². The molecule has 0 aromatic heterocycles. The lowest BCUT2D eigenvalue weighted by Gasteiger charge is -2.36. The van der Waals surface area contributed by atoms with Gasteiger partial charge in [-0.3, -0.25) is 4.79 Å². The third kappa shape index (κ3) is 3.60. The molecular weight excluding hydrogens is 311 g/mol. The molecule has 2 atom stereocenters. The van der Waals surface area contributed by atoms with E-state index in [-0.39, 0.29) is 13.2 Å². The Morgan fingerprint density at radius 3 is 2.74 bits per heavy atom. The molecule has 0 bridgehead atoms. The molecule has 0 N–H and O–H groups in total. The van der Waals surface area contributed by atoms with E-state index in [0.717, 1.165) is 4.90 Å². The Hall–Kier alpha value is -1.76. The summed E-state index contributed by atoms with van der Waals surface area (Å²) in [6.07, 6.45) is -3.26. The van der Waals surface area contributed by atoms with Crippen molar-refractivity contribution in [3.63, 3.8) is 0 Å². The highest BCUT2D eigenvalue weighted by atomic mass is 19.4. The van der Waals surface area contributed by atoms with Crippen LogP contribution in [0.25, 0.3) is 0 Å². The van der Waals surface area contributed by atoms with Gasteiger partial charge in [-0.05, 0) is 18.9 Å². The van der Waals surface area contributed by atoms with Crippen LogP contribution in [0.3, 0.4) is 0 Å². The van der Waals surface area contributed by atoms with Crippen molar-refractivity contribution in [2.45, 2.75) is 31.0 Å². The van der Waals surface area contributed by atoms with Crippen LogP contribution in [0.1, 0.15) is 24.3 Å². The fourth-order valence-corrected chi connectivity index (χ4v) is 3.12. The highest BCUT2D eigenvalue weighted by Gasteiger charge is 2.41. The molecule has 1 saturated heterocycles. The van der Waals surface area contributed by atoms with Gasteiger partial charge < -0.3 is 14.4 Å². The molecule has 0 unspecified atom stereocenters. The van der Waals surface area contributed by atoms with Crippen LogP contribution in [0, 0.1) is 0 Å². The summed E-state index contributed by atoms with van der Waals surface area (Å²) in [6.45, 7) is -0.490. The highest BCUT2D eigenvalue weighted by molar-refractivity contribution is 5.86. The number of rotatable bonds is 3. The number of para-hydroxylation sites is 1. The van der Waals surface area contributed by atoms with Crippen molar-refractivity contribution in [1.29, 1.82) is 0 Å². The van der Waals surface area contributed by atoms with Crippen LogP contribution >= 0.6 is 0 Å². The van der Waals surface area contributed by atoms with Crippen LogP contribution in [0.15, 0.2) is 24.3 Å². The Balaban J connectivity index is 1.83. The van der Waals surface area contributed by atoms with E-state index in [4.69, 9.17) is 9.47 Å². The molecule has 7 heteroatoms. The number of nitrogens with zero attached hydrogens (tertiary/aromatic N) is 1. The summed E-state index contributed by atoms with van der Waals surface area (Å²) in [4.78, 5) is 13.7. The molecule has 0 radical (unpaired) electrons. The minimum Gasteiger partial charge on any atom is -0.492 e. The minimum atomic E-state index is -4.44. The number of carbonyl (C=O) groups is 1. The maximum absolute atomic E-state index is 12.9. The lowest BCUT2D eigenvalue weighted by atomic mass is 9.98. The molecule has 23 heavy (non-hydrogen) atoms. The second-order valence-electron chi connectivity index (χ2n) is 5.85. The molecule has 0 aliphatic carbocycles. The molecule has 1 aromatic carbocycles. The maximum Gasteiger partial charge on any atom is 0.406 e. The van der Waals surface area contributed by atoms with Crippen molar-refractivity contribution in [3.8, 4) is 5.75 Å². The lowest BCUT2D eigenvalue weighted by Crippen LogP contribution is -2.50. The third-order valence-corrected chi connectivity index (χ3v) is 4.21. The summed E-state index contributed by atoms with van der Waals surface area (Å²) in [5.74, 6) is -0.657. The molecule has 2 aliphatic rings. The zero-order chi connectivity index (χ0) is 16.4. The van der Waals surface area contributed by atoms with Crippen molar-refractivity contribution in [1.82, 2.24) is 4.90 Å². The van der Waals surface area contributed by atoms with Crippen LogP contribution < -0.4 is 4.74 Å². The van der Waals surface area contributed by atoms with Crippen LogP contribution in [0.5, 0.6) is 5.75 Å². The molecule has 1 amide bonds. The van der Waals surface area contributed by atoms with E-state index in [0.29, 0.717) is 30.8 Å². The smallest absolute Gasteiger partial charge is 0.406 e.